The Morgan fingerprint density at radius 1 is 1.10 bits per heavy atom. The average molecular weight is 277 g/mol. The number of barbiturate groups is 1. The number of rotatable bonds is 3. The van der Waals surface area contributed by atoms with Crippen molar-refractivity contribution in [2.45, 2.75) is 0 Å². The van der Waals surface area contributed by atoms with Crippen molar-refractivity contribution in [1.29, 1.82) is 0 Å². The Kier molecular flexibility index (Phi) is 3.37. The Hall–Kier alpha value is -3.30. The molecule has 0 atom stereocenters. The minimum Gasteiger partial charge on any atom is -0.506 e. The van der Waals surface area contributed by atoms with Gasteiger partial charge in [-0.05, 0) is 23.4 Å². The number of nitrogens with zero attached hydrogens (tertiary/aromatic N) is 2. The predicted molar refractivity (Wildman–Crippen MR) is 66.3 cm³/mol. The van der Waals surface area contributed by atoms with E-state index in [1.54, 1.807) is 0 Å². The summed E-state index contributed by atoms with van der Waals surface area (Å²) in [4.78, 5) is 43.9. The lowest BCUT2D eigenvalue weighted by molar-refractivity contribution is -0.119. The van der Waals surface area contributed by atoms with Gasteiger partial charge in [0, 0.05) is 0 Å². The average Bonchev–Trinajstić information content (AvgIpc) is 2.39. The maximum absolute atomic E-state index is 11.3. The summed E-state index contributed by atoms with van der Waals surface area (Å²) in [6.07, 6.45) is 0. The lowest BCUT2D eigenvalue weighted by Crippen LogP contribution is -2.56. The van der Waals surface area contributed by atoms with E-state index in [0.717, 1.165) is 6.07 Å². The fourth-order valence-corrected chi connectivity index (χ4v) is 1.35. The van der Waals surface area contributed by atoms with Crippen LogP contribution in [0.4, 0.5) is 16.2 Å². The number of hydrogen-bond acceptors (Lipinski definition) is 8. The lowest BCUT2D eigenvalue weighted by atomic mass is 10.2. The summed E-state index contributed by atoms with van der Waals surface area (Å²) in [5.74, 6) is -2.25. The number of phenolic OH excluding ortho intramolecular Hbond substituents is 1. The van der Waals surface area contributed by atoms with Crippen LogP contribution in [0.5, 0.6) is 5.75 Å². The standard InChI is InChI=1S/C10H7N5O5/c16-6-2-1-4(15-20)3-5(6)13-14-7-8(17)11-10(19)12-9(7)18/h1-3,13,16H,(H2,11,12,17,18,19). The van der Waals surface area contributed by atoms with Gasteiger partial charge >= 0.3 is 6.03 Å². The fourth-order valence-electron chi connectivity index (χ4n) is 1.35. The molecule has 102 valence electrons. The quantitative estimate of drug-likeness (QED) is 0.345. The van der Waals surface area contributed by atoms with Gasteiger partial charge < -0.3 is 5.11 Å². The molecule has 1 heterocycles. The molecule has 20 heavy (non-hydrogen) atoms. The third-order valence-electron chi connectivity index (χ3n) is 2.26. The van der Waals surface area contributed by atoms with E-state index in [-0.39, 0.29) is 17.1 Å². The van der Waals surface area contributed by atoms with Crippen molar-refractivity contribution < 1.29 is 19.5 Å². The van der Waals surface area contributed by atoms with Gasteiger partial charge in [-0.3, -0.25) is 25.6 Å². The first kappa shape index (κ1) is 13.1. The predicted octanol–water partition coefficient (Wildman–Crippen LogP) is -0.0760. The number of nitroso groups, excluding NO2 is 1. The van der Waals surface area contributed by atoms with Crippen molar-refractivity contribution in [3.8, 4) is 5.75 Å². The molecule has 10 heteroatoms. The summed E-state index contributed by atoms with van der Waals surface area (Å²) in [6, 6.07) is 2.66. The second-order valence-electron chi connectivity index (χ2n) is 3.60. The first-order valence-corrected chi connectivity index (χ1v) is 5.18. The summed E-state index contributed by atoms with van der Waals surface area (Å²) in [5, 5.41) is 19.3. The lowest BCUT2D eigenvalue weighted by Gasteiger charge is -2.13. The molecule has 0 aromatic heterocycles. The molecular formula is C10H7N5O5. The van der Waals surface area contributed by atoms with E-state index in [0.29, 0.717) is 0 Å². The van der Waals surface area contributed by atoms with Gasteiger partial charge in [0.05, 0.1) is 0 Å². The molecule has 1 saturated heterocycles. The van der Waals surface area contributed by atoms with Crippen LogP contribution in [0, 0.1) is 4.91 Å². The van der Waals surface area contributed by atoms with Crippen LogP contribution < -0.4 is 16.1 Å². The zero-order valence-electron chi connectivity index (χ0n) is 9.71. The van der Waals surface area contributed by atoms with Gasteiger partial charge in [-0.1, -0.05) is 0 Å². The molecule has 1 fully saturated rings. The number of aromatic hydroxyl groups is 1. The number of carbonyl (C=O) groups is 3. The van der Waals surface area contributed by atoms with Gasteiger partial charge in [0.15, 0.2) is 0 Å². The fraction of sp³-hybridized carbons (Fsp3) is 0. The molecule has 1 aromatic rings. The van der Waals surface area contributed by atoms with Crippen LogP contribution >= 0.6 is 0 Å². The maximum Gasteiger partial charge on any atom is 0.328 e. The van der Waals surface area contributed by atoms with Crippen LogP contribution in [0.25, 0.3) is 0 Å². The van der Waals surface area contributed by atoms with E-state index in [9.17, 15) is 24.4 Å². The summed E-state index contributed by atoms with van der Waals surface area (Å²) >= 11 is 0. The highest BCUT2D eigenvalue weighted by Gasteiger charge is 2.29. The number of anilines is 1. The summed E-state index contributed by atoms with van der Waals surface area (Å²) < 4.78 is 0. The van der Waals surface area contributed by atoms with Crippen molar-refractivity contribution >= 4 is 34.9 Å². The van der Waals surface area contributed by atoms with Crippen molar-refractivity contribution in [2.24, 2.45) is 10.3 Å². The van der Waals surface area contributed by atoms with Crippen molar-refractivity contribution in [3.05, 3.63) is 23.1 Å². The highest BCUT2D eigenvalue weighted by atomic mass is 16.3. The number of carbonyl (C=O) groups excluding carboxylic acids is 3. The Morgan fingerprint density at radius 2 is 1.75 bits per heavy atom. The number of benzene rings is 1. The molecule has 0 radical (unpaired) electrons. The van der Waals surface area contributed by atoms with Crippen LogP contribution in [-0.4, -0.2) is 28.7 Å². The molecule has 1 aromatic carbocycles. The Bertz CT molecular complexity index is 631. The van der Waals surface area contributed by atoms with E-state index < -0.39 is 23.6 Å². The molecular weight excluding hydrogens is 270 g/mol. The largest absolute Gasteiger partial charge is 0.506 e. The van der Waals surface area contributed by atoms with E-state index in [1.807, 2.05) is 10.6 Å². The van der Waals surface area contributed by atoms with Gasteiger partial charge in [0.1, 0.15) is 17.1 Å². The van der Waals surface area contributed by atoms with E-state index in [4.69, 9.17) is 0 Å². The number of urea groups is 1. The minimum atomic E-state index is -0.990. The highest BCUT2D eigenvalue weighted by Crippen LogP contribution is 2.27. The van der Waals surface area contributed by atoms with Crippen molar-refractivity contribution in [3.63, 3.8) is 0 Å². The van der Waals surface area contributed by atoms with Crippen LogP contribution in [0.1, 0.15) is 0 Å². The second kappa shape index (κ2) is 5.14. The third-order valence-corrected chi connectivity index (χ3v) is 2.26. The number of nitrogens with one attached hydrogen (secondary N) is 3. The summed E-state index contributed by atoms with van der Waals surface area (Å²) in [7, 11) is 0. The van der Waals surface area contributed by atoms with Gasteiger partial charge in [-0.25, -0.2) is 4.79 Å². The number of imide groups is 2. The number of phenols is 1. The molecule has 0 spiro atoms. The first-order chi connectivity index (χ1) is 9.51. The first-order valence-electron chi connectivity index (χ1n) is 5.18. The van der Waals surface area contributed by atoms with E-state index in [1.165, 1.54) is 12.1 Å². The molecule has 4 amide bonds. The van der Waals surface area contributed by atoms with Gasteiger partial charge in [0.25, 0.3) is 11.8 Å². The third kappa shape index (κ3) is 2.58. The maximum atomic E-state index is 11.3. The van der Waals surface area contributed by atoms with Gasteiger partial charge in [-0.15, -0.1) is 4.91 Å². The Morgan fingerprint density at radius 3 is 2.35 bits per heavy atom. The van der Waals surface area contributed by atoms with Crippen molar-refractivity contribution in [2.75, 3.05) is 5.43 Å². The number of hydrogen-bond donors (Lipinski definition) is 4. The van der Waals surface area contributed by atoms with Crippen LogP contribution in [0.15, 0.2) is 28.5 Å². The molecule has 0 aliphatic carbocycles. The second-order valence-corrected chi connectivity index (χ2v) is 3.60. The Labute approximate surface area is 110 Å². The monoisotopic (exact) mass is 277 g/mol. The minimum absolute atomic E-state index is 0.0122. The molecule has 1 aliphatic heterocycles. The zero-order valence-corrected chi connectivity index (χ0v) is 9.71. The molecule has 0 unspecified atom stereocenters. The molecule has 2 rings (SSSR count). The van der Waals surface area contributed by atoms with Crippen LogP contribution in [0.2, 0.25) is 0 Å². The van der Waals surface area contributed by atoms with E-state index >= 15 is 0 Å². The Balaban J connectivity index is 2.24. The molecule has 0 bridgehead atoms. The topological polar surface area (TPSA) is 149 Å². The number of hydrazone groups is 1. The molecule has 10 nitrogen and oxygen atoms in total. The van der Waals surface area contributed by atoms with Crippen molar-refractivity contribution in [1.82, 2.24) is 10.6 Å². The number of amides is 4. The SMILES string of the molecule is O=Nc1ccc(O)c(NN=C2C(=O)NC(=O)NC2=O)c1. The smallest absolute Gasteiger partial charge is 0.328 e. The molecule has 0 saturated carbocycles. The highest BCUT2D eigenvalue weighted by molar-refractivity contribution is 6.68. The van der Waals surface area contributed by atoms with Gasteiger partial charge in [0.2, 0.25) is 5.71 Å². The molecule has 4 N–H and O–H groups in total. The van der Waals surface area contributed by atoms with Crippen LogP contribution in [-0.2, 0) is 9.59 Å². The normalized spacial score (nSPS) is 14.4. The van der Waals surface area contributed by atoms with Gasteiger partial charge in [-0.2, -0.15) is 5.10 Å². The summed E-state index contributed by atoms with van der Waals surface area (Å²) in [5.41, 5.74) is 1.61. The van der Waals surface area contributed by atoms with E-state index in [2.05, 4.69) is 15.7 Å². The zero-order chi connectivity index (χ0) is 14.7. The summed E-state index contributed by atoms with van der Waals surface area (Å²) in [6.45, 7) is 0. The molecule has 1 aliphatic rings. The van der Waals surface area contributed by atoms with Crippen LogP contribution in [0.3, 0.4) is 0 Å².